The van der Waals surface area contributed by atoms with E-state index in [2.05, 4.69) is 19.2 Å². The first-order valence-corrected chi connectivity index (χ1v) is 39.0. The molecule has 0 aliphatic carbocycles. The summed E-state index contributed by atoms with van der Waals surface area (Å²) in [6.07, 6.45) is 93.5. The Labute approximate surface area is 527 Å². The van der Waals surface area contributed by atoms with Gasteiger partial charge in [-0.2, -0.15) is 0 Å². The van der Waals surface area contributed by atoms with E-state index in [0.717, 1.165) is 38.5 Å². The highest BCUT2D eigenvalue weighted by Gasteiger charge is 2.18. The summed E-state index contributed by atoms with van der Waals surface area (Å²) in [7, 11) is 0. The molecule has 84 heavy (non-hydrogen) atoms. The van der Waals surface area contributed by atoms with Gasteiger partial charge in [-0.15, -0.1) is 0 Å². The van der Waals surface area contributed by atoms with Crippen LogP contribution in [-0.2, 0) is 14.3 Å². The monoisotopic (exact) mass is 1180 g/mol. The van der Waals surface area contributed by atoms with E-state index in [1.165, 1.54) is 385 Å². The molecule has 0 aliphatic heterocycles. The summed E-state index contributed by atoms with van der Waals surface area (Å²) in [5.74, 6) is -0.0320. The summed E-state index contributed by atoms with van der Waals surface area (Å²) >= 11 is 0. The van der Waals surface area contributed by atoms with E-state index in [0.29, 0.717) is 19.4 Å². The third kappa shape index (κ3) is 69.7. The van der Waals surface area contributed by atoms with Crippen molar-refractivity contribution in [3.63, 3.8) is 0 Å². The minimum Gasteiger partial charge on any atom is -0.466 e. The van der Waals surface area contributed by atoms with Crippen molar-refractivity contribution < 1.29 is 24.5 Å². The number of hydrogen-bond donors (Lipinski definition) is 3. The number of hydrogen-bond acceptors (Lipinski definition) is 5. The minimum atomic E-state index is -0.838. The predicted molar refractivity (Wildman–Crippen MR) is 370 cm³/mol. The number of ether oxygens (including phenoxy) is 1. The summed E-state index contributed by atoms with van der Waals surface area (Å²) in [6, 6.07) is -0.621. The van der Waals surface area contributed by atoms with Crippen molar-refractivity contribution in [3.8, 4) is 0 Å². The number of unbranched alkanes of at least 4 members (excludes halogenated alkanes) is 63. The molecule has 6 nitrogen and oxygen atoms in total. The van der Waals surface area contributed by atoms with Crippen LogP contribution >= 0.6 is 0 Å². The van der Waals surface area contributed by atoms with Gasteiger partial charge in [0.25, 0.3) is 0 Å². The van der Waals surface area contributed by atoms with E-state index < -0.39 is 12.1 Å². The molecule has 0 fully saturated rings. The summed E-state index contributed by atoms with van der Waals surface area (Å²) in [6.45, 7) is 4.94. The molecule has 2 unspecified atom stereocenters. The number of carbonyl (C=O) groups is 2. The second kappa shape index (κ2) is 74.1. The Hall–Kier alpha value is -1.40. The first-order chi connectivity index (χ1) is 41.5. The Morgan fingerprint density at radius 3 is 0.810 bits per heavy atom. The van der Waals surface area contributed by atoms with Crippen LogP contribution in [0.4, 0.5) is 0 Å². The standard InChI is InChI=1S/C78H153NO5/c1-3-5-7-9-11-13-15-16-17-18-38-42-45-48-52-56-60-64-68-72-78(83)84-73-69-65-61-57-53-49-46-43-40-37-35-33-31-29-27-25-23-21-19-20-22-24-26-28-30-32-34-36-39-41-44-47-51-55-59-63-67-71-77(82)79-75(74-80)76(81)70-66-62-58-54-50-14-12-10-8-6-4-2/h66,70,75-76,80-81H,3-65,67-69,71-74H2,1-2H3,(H,79,82)/b70-66+. The molecule has 0 bridgehead atoms. The van der Waals surface area contributed by atoms with Crippen molar-refractivity contribution in [1.82, 2.24) is 5.32 Å². The van der Waals surface area contributed by atoms with Crippen LogP contribution in [0.5, 0.6) is 0 Å². The Balaban J connectivity index is 3.26. The molecular formula is C78H153NO5. The second-order valence-corrected chi connectivity index (χ2v) is 27.1. The molecule has 0 spiro atoms. The maximum Gasteiger partial charge on any atom is 0.305 e. The molecule has 500 valence electrons. The molecular weight excluding hydrogens is 1030 g/mol. The third-order valence-electron chi connectivity index (χ3n) is 18.6. The molecule has 3 N–H and O–H groups in total. The number of aliphatic hydroxyl groups excluding tert-OH is 2. The lowest BCUT2D eigenvalue weighted by Gasteiger charge is -2.20. The highest BCUT2D eigenvalue weighted by Crippen LogP contribution is 2.20. The molecule has 0 saturated heterocycles. The largest absolute Gasteiger partial charge is 0.466 e. The summed E-state index contributed by atoms with van der Waals surface area (Å²) < 4.78 is 5.52. The van der Waals surface area contributed by atoms with Crippen LogP contribution in [-0.4, -0.2) is 47.4 Å². The fourth-order valence-corrected chi connectivity index (χ4v) is 12.6. The van der Waals surface area contributed by atoms with Crippen molar-refractivity contribution in [2.45, 2.75) is 463 Å². The lowest BCUT2D eigenvalue weighted by atomic mass is 10.0. The first kappa shape index (κ1) is 82.6. The Morgan fingerprint density at radius 1 is 0.321 bits per heavy atom. The van der Waals surface area contributed by atoms with Crippen LogP contribution in [0.1, 0.15) is 450 Å². The van der Waals surface area contributed by atoms with Gasteiger partial charge in [-0.25, -0.2) is 0 Å². The van der Waals surface area contributed by atoms with Gasteiger partial charge in [-0.1, -0.05) is 418 Å². The van der Waals surface area contributed by atoms with Gasteiger partial charge in [0.15, 0.2) is 0 Å². The van der Waals surface area contributed by atoms with Gasteiger partial charge >= 0.3 is 5.97 Å². The molecule has 0 aliphatic rings. The normalized spacial score (nSPS) is 12.5. The number of amides is 1. The summed E-state index contributed by atoms with van der Waals surface area (Å²) in [4.78, 5) is 24.6. The van der Waals surface area contributed by atoms with E-state index in [1.54, 1.807) is 6.08 Å². The summed E-state index contributed by atoms with van der Waals surface area (Å²) in [5, 5.41) is 23.1. The van der Waals surface area contributed by atoms with E-state index >= 15 is 0 Å². The van der Waals surface area contributed by atoms with E-state index in [1.807, 2.05) is 6.08 Å². The van der Waals surface area contributed by atoms with Crippen molar-refractivity contribution >= 4 is 11.9 Å². The SMILES string of the molecule is CCCCCCCCCCC/C=C/C(O)C(CO)NC(=O)CCCCCCCCCCCCCCCCCCCCCCCCCCCCCCCCCCCCCCCOC(=O)CCCCCCCCCCCCCCCCCCCCC. The molecule has 1 amide bonds. The summed E-state index contributed by atoms with van der Waals surface area (Å²) in [5.41, 5.74) is 0. The molecule has 0 aromatic rings. The van der Waals surface area contributed by atoms with Gasteiger partial charge in [0, 0.05) is 12.8 Å². The second-order valence-electron chi connectivity index (χ2n) is 27.1. The zero-order valence-corrected chi connectivity index (χ0v) is 57.4. The maximum absolute atomic E-state index is 12.4. The van der Waals surface area contributed by atoms with Crippen LogP contribution in [0.25, 0.3) is 0 Å². The number of nitrogens with one attached hydrogen (secondary N) is 1. The zero-order valence-electron chi connectivity index (χ0n) is 57.4. The lowest BCUT2D eigenvalue weighted by Crippen LogP contribution is -2.45. The maximum atomic E-state index is 12.4. The van der Waals surface area contributed by atoms with Crippen molar-refractivity contribution in [2.75, 3.05) is 13.2 Å². The number of aliphatic hydroxyl groups is 2. The van der Waals surface area contributed by atoms with Gasteiger partial charge in [-0.3, -0.25) is 9.59 Å². The molecule has 0 aromatic heterocycles. The van der Waals surface area contributed by atoms with Gasteiger partial charge in [0.05, 0.1) is 25.4 Å². The third-order valence-corrected chi connectivity index (χ3v) is 18.6. The molecule has 0 heterocycles. The average molecular weight is 1190 g/mol. The Kier molecular flexibility index (Phi) is 72.8. The van der Waals surface area contributed by atoms with Gasteiger partial charge < -0.3 is 20.3 Å². The minimum absolute atomic E-state index is 0.0290. The molecule has 0 radical (unpaired) electrons. The molecule has 0 aromatic carbocycles. The number of esters is 1. The molecule has 2 atom stereocenters. The van der Waals surface area contributed by atoms with Crippen LogP contribution in [0.2, 0.25) is 0 Å². The Bertz CT molecular complexity index is 1270. The first-order valence-electron chi connectivity index (χ1n) is 39.0. The number of allylic oxidation sites excluding steroid dienone is 1. The van der Waals surface area contributed by atoms with Gasteiger partial charge in [-0.05, 0) is 32.1 Å². The van der Waals surface area contributed by atoms with Gasteiger partial charge in [0.1, 0.15) is 0 Å². The average Bonchev–Trinajstić information content (AvgIpc) is 3.51. The quantitative estimate of drug-likeness (QED) is 0.0320. The number of rotatable bonds is 74. The fourth-order valence-electron chi connectivity index (χ4n) is 12.6. The van der Waals surface area contributed by atoms with Gasteiger partial charge in [0.2, 0.25) is 5.91 Å². The highest BCUT2D eigenvalue weighted by atomic mass is 16.5. The molecule has 0 rings (SSSR count). The van der Waals surface area contributed by atoms with Crippen LogP contribution in [0.3, 0.4) is 0 Å². The van der Waals surface area contributed by atoms with E-state index in [-0.39, 0.29) is 18.5 Å². The predicted octanol–water partition coefficient (Wildman–Crippen LogP) is 25.5. The highest BCUT2D eigenvalue weighted by molar-refractivity contribution is 5.76. The van der Waals surface area contributed by atoms with Crippen LogP contribution in [0, 0.1) is 0 Å². The topological polar surface area (TPSA) is 95.9 Å². The van der Waals surface area contributed by atoms with Crippen LogP contribution < -0.4 is 5.32 Å². The van der Waals surface area contributed by atoms with Crippen LogP contribution in [0.15, 0.2) is 12.2 Å². The van der Waals surface area contributed by atoms with Crippen molar-refractivity contribution in [3.05, 3.63) is 12.2 Å². The fraction of sp³-hybridized carbons (Fsp3) is 0.949. The van der Waals surface area contributed by atoms with Crippen molar-refractivity contribution in [1.29, 1.82) is 0 Å². The smallest absolute Gasteiger partial charge is 0.305 e. The van der Waals surface area contributed by atoms with E-state index in [4.69, 9.17) is 4.74 Å². The van der Waals surface area contributed by atoms with Crippen molar-refractivity contribution in [2.24, 2.45) is 0 Å². The molecule has 0 saturated carbocycles. The lowest BCUT2D eigenvalue weighted by molar-refractivity contribution is -0.143. The number of carbonyl (C=O) groups excluding carboxylic acids is 2. The molecule has 6 heteroatoms. The van der Waals surface area contributed by atoms with E-state index in [9.17, 15) is 19.8 Å². The Morgan fingerprint density at radius 2 is 0.548 bits per heavy atom. The zero-order chi connectivity index (χ0) is 60.6.